The third kappa shape index (κ3) is 4.99. The van der Waals surface area contributed by atoms with Crippen molar-refractivity contribution < 1.29 is 23.1 Å². The molecule has 1 fully saturated rings. The van der Waals surface area contributed by atoms with Crippen molar-refractivity contribution in [2.24, 2.45) is 5.92 Å². The minimum Gasteiger partial charge on any atom is -0.380 e. The number of hydrogen-bond donors (Lipinski definition) is 2. The van der Waals surface area contributed by atoms with E-state index in [1.54, 1.807) is 24.4 Å². The van der Waals surface area contributed by atoms with Crippen LogP contribution in [0.1, 0.15) is 58.4 Å². The van der Waals surface area contributed by atoms with Gasteiger partial charge in [-0.05, 0) is 92.3 Å². The van der Waals surface area contributed by atoms with Crippen molar-refractivity contribution in [1.82, 2.24) is 4.98 Å². The number of aryl methyl sites for hydroxylation is 2. The first-order chi connectivity index (χ1) is 17.1. The van der Waals surface area contributed by atoms with Crippen LogP contribution in [-0.2, 0) is 18.3 Å². The number of pyridine rings is 1. The summed E-state index contributed by atoms with van der Waals surface area (Å²) in [6.07, 6.45) is -1.69. The number of carbonyl (C=O) groups is 1. The highest BCUT2D eigenvalue weighted by atomic mass is 35.5. The average molecular weight is 531 g/mol. The monoisotopic (exact) mass is 530 g/mol. The highest BCUT2D eigenvalue weighted by molar-refractivity contribution is 6.04. The summed E-state index contributed by atoms with van der Waals surface area (Å²) in [4.78, 5) is 17.2. The summed E-state index contributed by atoms with van der Waals surface area (Å²) in [5.41, 5.74) is 1.73. The molecule has 0 spiro atoms. The van der Waals surface area contributed by atoms with Crippen molar-refractivity contribution in [3.63, 3.8) is 0 Å². The first-order valence-electron chi connectivity index (χ1n) is 12.3. The van der Waals surface area contributed by atoms with Crippen LogP contribution in [0.15, 0.2) is 66.9 Å². The zero-order valence-corrected chi connectivity index (χ0v) is 21.3. The molecule has 2 aliphatic rings. The Labute approximate surface area is 220 Å². The molecule has 2 aliphatic carbocycles. The minimum absolute atomic E-state index is 0. The maximum absolute atomic E-state index is 13.8. The first kappa shape index (κ1) is 27.1. The highest BCUT2D eigenvalue weighted by Gasteiger charge is 2.61. The van der Waals surface area contributed by atoms with Crippen LogP contribution in [0.3, 0.4) is 0 Å². The Morgan fingerprint density at radius 1 is 1.11 bits per heavy atom. The van der Waals surface area contributed by atoms with E-state index in [0.717, 1.165) is 16.7 Å². The molecule has 37 heavy (non-hydrogen) atoms. The summed E-state index contributed by atoms with van der Waals surface area (Å²) in [5, 5.41) is 13.5. The zero-order valence-electron chi connectivity index (χ0n) is 20.5. The normalized spacial score (nSPS) is 24.8. The fraction of sp³-hybridized carbons (Fsp3) is 0.379. The molecule has 0 aliphatic heterocycles. The molecule has 2 aromatic carbocycles. The second kappa shape index (κ2) is 10.1. The van der Waals surface area contributed by atoms with Gasteiger partial charge in [-0.15, -0.1) is 12.4 Å². The van der Waals surface area contributed by atoms with Crippen molar-refractivity contribution >= 4 is 24.0 Å². The van der Waals surface area contributed by atoms with Crippen LogP contribution in [0, 0.1) is 12.8 Å². The second-order valence-corrected chi connectivity index (χ2v) is 10.3. The van der Waals surface area contributed by atoms with E-state index in [9.17, 15) is 23.1 Å². The number of carbonyl (C=O) groups excluding carboxylic acids is 1. The molecule has 0 radical (unpaired) electrons. The Morgan fingerprint density at radius 3 is 2.57 bits per heavy atom. The van der Waals surface area contributed by atoms with Gasteiger partial charge in [0, 0.05) is 17.2 Å². The van der Waals surface area contributed by atoms with Gasteiger partial charge in [-0.25, -0.2) is 0 Å². The van der Waals surface area contributed by atoms with Gasteiger partial charge in [-0.1, -0.05) is 36.4 Å². The number of alkyl halides is 3. The Morgan fingerprint density at radius 2 is 1.86 bits per heavy atom. The molecule has 1 saturated carbocycles. The highest BCUT2D eigenvalue weighted by Crippen LogP contribution is 2.57. The smallest absolute Gasteiger partial charge is 0.380 e. The molecule has 1 aromatic heterocycles. The summed E-state index contributed by atoms with van der Waals surface area (Å²) >= 11 is 0. The summed E-state index contributed by atoms with van der Waals surface area (Å²) in [7, 11) is 0. The summed E-state index contributed by atoms with van der Waals surface area (Å²) < 4.78 is 41.3. The van der Waals surface area contributed by atoms with Crippen molar-refractivity contribution in [2.75, 3.05) is 5.32 Å². The van der Waals surface area contributed by atoms with Crippen LogP contribution in [0.4, 0.5) is 18.9 Å². The van der Waals surface area contributed by atoms with E-state index >= 15 is 0 Å². The van der Waals surface area contributed by atoms with Gasteiger partial charge < -0.3 is 10.4 Å². The Kier molecular flexibility index (Phi) is 7.41. The first-order valence-corrected chi connectivity index (χ1v) is 12.3. The zero-order chi connectivity index (χ0) is 25.6. The maximum Gasteiger partial charge on any atom is 0.417 e. The fourth-order valence-electron chi connectivity index (χ4n) is 6.19. The Balaban J connectivity index is 0.00000320. The molecule has 0 bridgehead atoms. The summed E-state index contributed by atoms with van der Waals surface area (Å²) in [6, 6.07) is 18.9. The molecule has 2 N–H and O–H groups in total. The lowest BCUT2D eigenvalue weighted by molar-refractivity contribution is -0.279. The van der Waals surface area contributed by atoms with Crippen LogP contribution in [-0.4, -0.2) is 27.8 Å². The van der Waals surface area contributed by atoms with Crippen molar-refractivity contribution in [3.8, 4) is 0 Å². The van der Waals surface area contributed by atoms with Gasteiger partial charge in [0.2, 0.25) is 0 Å². The molecule has 3 unspecified atom stereocenters. The predicted molar refractivity (Wildman–Crippen MR) is 139 cm³/mol. The second-order valence-electron chi connectivity index (χ2n) is 10.3. The molecular formula is C29H30ClF3N2O2. The van der Waals surface area contributed by atoms with Gasteiger partial charge in [-0.3, -0.25) is 9.78 Å². The van der Waals surface area contributed by atoms with E-state index in [1.807, 2.05) is 49.4 Å². The van der Waals surface area contributed by atoms with Crippen LogP contribution in [0.25, 0.3) is 0 Å². The van der Waals surface area contributed by atoms with Crippen molar-refractivity contribution in [2.45, 2.75) is 62.6 Å². The molecule has 3 atom stereocenters. The quantitative estimate of drug-likeness (QED) is 0.400. The van der Waals surface area contributed by atoms with E-state index in [1.165, 1.54) is 0 Å². The number of fused-ring (bicyclic) bond motifs is 3. The minimum atomic E-state index is -4.65. The topological polar surface area (TPSA) is 62.2 Å². The van der Waals surface area contributed by atoms with Gasteiger partial charge in [0.1, 0.15) is 0 Å². The van der Waals surface area contributed by atoms with Crippen LogP contribution < -0.4 is 5.32 Å². The number of nitrogens with zero attached hydrogens (tertiary/aromatic N) is 1. The maximum atomic E-state index is 13.8. The largest absolute Gasteiger partial charge is 0.417 e. The SMILES string of the molecule is Cc1ncccc1NC(=O)c1ccc2c(c1)CCC1CC(O)(C(F)(F)F)CCC21Cc1ccccc1.Cl. The number of nitrogens with one attached hydrogen (secondary N) is 1. The lowest BCUT2D eigenvalue weighted by Crippen LogP contribution is -2.56. The number of halogens is 4. The van der Waals surface area contributed by atoms with Crippen LogP contribution in [0.2, 0.25) is 0 Å². The summed E-state index contributed by atoms with van der Waals surface area (Å²) in [5.74, 6) is -0.563. The molecule has 3 aromatic rings. The van der Waals surface area contributed by atoms with Crippen molar-refractivity contribution in [1.29, 1.82) is 0 Å². The Bertz CT molecular complexity index is 1280. The molecular weight excluding hydrogens is 501 g/mol. The standard InChI is InChI=1S/C29H29F3N2O2.ClH/c1-19-25(8-5-15-33-19)34-26(35)22-10-12-24-21(16-22)9-11-23-18-28(36,29(30,31)32)14-13-27(23,24)17-20-6-3-2-4-7-20;/h2-8,10,12,15-16,23,36H,9,11,13-14,17-18H2,1H3,(H,34,35);1H. The van der Waals surface area contributed by atoms with E-state index in [4.69, 9.17) is 0 Å². The fourth-order valence-corrected chi connectivity index (χ4v) is 6.19. The lowest BCUT2D eigenvalue weighted by atomic mass is 9.52. The Hall–Kier alpha value is -2.90. The number of benzene rings is 2. The van der Waals surface area contributed by atoms with E-state index in [-0.39, 0.29) is 43.5 Å². The van der Waals surface area contributed by atoms with Crippen LogP contribution >= 0.6 is 12.4 Å². The van der Waals surface area contributed by atoms with E-state index in [0.29, 0.717) is 36.2 Å². The van der Waals surface area contributed by atoms with E-state index < -0.39 is 17.2 Å². The van der Waals surface area contributed by atoms with Crippen LogP contribution in [0.5, 0.6) is 0 Å². The number of aromatic nitrogens is 1. The molecule has 8 heteroatoms. The van der Waals surface area contributed by atoms with Gasteiger partial charge in [0.15, 0.2) is 5.60 Å². The number of rotatable bonds is 4. The third-order valence-corrected chi connectivity index (χ3v) is 8.16. The third-order valence-electron chi connectivity index (χ3n) is 8.16. The molecule has 196 valence electrons. The number of anilines is 1. The van der Waals surface area contributed by atoms with Crippen molar-refractivity contribution in [3.05, 3.63) is 94.8 Å². The number of aliphatic hydroxyl groups is 1. The predicted octanol–water partition coefficient (Wildman–Crippen LogP) is 6.58. The lowest BCUT2D eigenvalue weighted by Gasteiger charge is -2.53. The molecule has 5 rings (SSSR count). The van der Waals surface area contributed by atoms with E-state index in [2.05, 4.69) is 10.3 Å². The molecule has 1 amide bonds. The molecule has 0 saturated heterocycles. The average Bonchev–Trinajstić information content (AvgIpc) is 2.85. The van der Waals surface area contributed by atoms with Gasteiger partial charge in [-0.2, -0.15) is 13.2 Å². The number of hydrogen-bond acceptors (Lipinski definition) is 3. The number of amides is 1. The molecule has 4 nitrogen and oxygen atoms in total. The van der Waals surface area contributed by atoms with Gasteiger partial charge >= 0.3 is 6.18 Å². The molecule has 1 heterocycles. The van der Waals surface area contributed by atoms with Gasteiger partial charge in [0.05, 0.1) is 11.4 Å². The van der Waals surface area contributed by atoms with Gasteiger partial charge in [0.25, 0.3) is 5.91 Å². The summed E-state index contributed by atoms with van der Waals surface area (Å²) in [6.45, 7) is 1.82.